The summed E-state index contributed by atoms with van der Waals surface area (Å²) in [7, 11) is 0. The third kappa shape index (κ3) is 3.81. The number of hydrogen-bond donors (Lipinski definition) is 2. The standard InChI is InChI=1S/C18H18ClN5/c1-12-6-5-7-13(2)17(12)23-18-22-16(11-21-24-18)20-10-14-8-3-4-9-15(14)19/h3-9,11H,10H2,1-2H3,(H2,20,22,23,24). The van der Waals surface area contributed by atoms with E-state index in [9.17, 15) is 0 Å². The van der Waals surface area contributed by atoms with Crippen LogP contribution in [0.25, 0.3) is 0 Å². The minimum absolute atomic E-state index is 0.455. The minimum Gasteiger partial charge on any atom is -0.364 e. The molecule has 0 fully saturated rings. The molecule has 0 unspecified atom stereocenters. The lowest BCUT2D eigenvalue weighted by Gasteiger charge is -2.12. The zero-order valence-corrected chi connectivity index (χ0v) is 14.3. The third-order valence-corrected chi connectivity index (χ3v) is 4.06. The minimum atomic E-state index is 0.455. The molecular weight excluding hydrogens is 322 g/mol. The lowest BCUT2D eigenvalue weighted by atomic mass is 10.1. The van der Waals surface area contributed by atoms with Crippen LogP contribution >= 0.6 is 11.6 Å². The van der Waals surface area contributed by atoms with Crippen molar-refractivity contribution < 1.29 is 0 Å². The maximum Gasteiger partial charge on any atom is 0.249 e. The van der Waals surface area contributed by atoms with Crippen LogP contribution in [-0.4, -0.2) is 15.2 Å². The summed E-state index contributed by atoms with van der Waals surface area (Å²) < 4.78 is 0. The molecule has 0 aliphatic rings. The van der Waals surface area contributed by atoms with E-state index in [1.807, 2.05) is 56.3 Å². The van der Waals surface area contributed by atoms with Crippen molar-refractivity contribution in [1.29, 1.82) is 0 Å². The molecule has 24 heavy (non-hydrogen) atoms. The lowest BCUT2D eigenvalue weighted by molar-refractivity contribution is 0.964. The molecule has 2 aromatic carbocycles. The van der Waals surface area contributed by atoms with Crippen LogP contribution in [0.3, 0.4) is 0 Å². The lowest BCUT2D eigenvalue weighted by Crippen LogP contribution is -2.07. The van der Waals surface area contributed by atoms with Gasteiger partial charge in [-0.05, 0) is 36.6 Å². The Morgan fingerprint density at radius 3 is 2.50 bits per heavy atom. The molecule has 1 aromatic heterocycles. The number of nitrogens with zero attached hydrogens (tertiary/aromatic N) is 3. The van der Waals surface area contributed by atoms with Gasteiger partial charge in [-0.2, -0.15) is 10.1 Å². The van der Waals surface area contributed by atoms with Crippen molar-refractivity contribution in [3.63, 3.8) is 0 Å². The van der Waals surface area contributed by atoms with Gasteiger partial charge in [-0.1, -0.05) is 48.0 Å². The first kappa shape index (κ1) is 16.2. The fraction of sp³-hybridized carbons (Fsp3) is 0.167. The zero-order chi connectivity index (χ0) is 16.9. The Balaban J connectivity index is 1.74. The Labute approximate surface area is 146 Å². The molecule has 1 heterocycles. The predicted molar refractivity (Wildman–Crippen MR) is 97.8 cm³/mol. The molecule has 0 spiro atoms. The second kappa shape index (κ2) is 7.27. The second-order valence-electron chi connectivity index (χ2n) is 5.50. The van der Waals surface area contributed by atoms with E-state index in [0.717, 1.165) is 27.4 Å². The van der Waals surface area contributed by atoms with Crippen LogP contribution in [0.15, 0.2) is 48.7 Å². The number of halogens is 1. The highest BCUT2D eigenvalue weighted by Gasteiger charge is 2.06. The third-order valence-electron chi connectivity index (χ3n) is 3.69. The number of para-hydroxylation sites is 1. The van der Waals surface area contributed by atoms with E-state index in [1.165, 1.54) is 0 Å². The Hall–Kier alpha value is -2.66. The number of hydrogen-bond acceptors (Lipinski definition) is 5. The van der Waals surface area contributed by atoms with Gasteiger partial charge in [0.25, 0.3) is 0 Å². The number of anilines is 3. The van der Waals surface area contributed by atoms with E-state index in [2.05, 4.69) is 25.8 Å². The van der Waals surface area contributed by atoms with Gasteiger partial charge in [0.05, 0.1) is 6.20 Å². The highest BCUT2D eigenvalue weighted by molar-refractivity contribution is 6.31. The van der Waals surface area contributed by atoms with Crippen LogP contribution in [0.2, 0.25) is 5.02 Å². The molecule has 0 saturated carbocycles. The molecule has 122 valence electrons. The van der Waals surface area contributed by atoms with E-state index >= 15 is 0 Å². The fourth-order valence-corrected chi connectivity index (χ4v) is 2.60. The number of aromatic nitrogens is 3. The fourth-order valence-electron chi connectivity index (χ4n) is 2.39. The molecule has 2 N–H and O–H groups in total. The Kier molecular flexibility index (Phi) is 4.91. The van der Waals surface area contributed by atoms with Gasteiger partial charge < -0.3 is 10.6 Å². The number of nitrogens with one attached hydrogen (secondary N) is 2. The molecule has 3 aromatic rings. The normalized spacial score (nSPS) is 10.5. The molecule has 0 aliphatic carbocycles. The SMILES string of the molecule is Cc1cccc(C)c1Nc1nncc(NCc2ccccc2Cl)n1. The zero-order valence-electron chi connectivity index (χ0n) is 13.5. The first-order chi connectivity index (χ1) is 11.6. The average Bonchev–Trinajstić information content (AvgIpc) is 2.58. The van der Waals surface area contributed by atoms with Crippen LogP contribution in [0.5, 0.6) is 0 Å². The van der Waals surface area contributed by atoms with E-state index in [0.29, 0.717) is 18.3 Å². The summed E-state index contributed by atoms with van der Waals surface area (Å²) >= 11 is 6.16. The summed E-state index contributed by atoms with van der Waals surface area (Å²) in [6.45, 7) is 4.66. The van der Waals surface area contributed by atoms with Crippen LogP contribution in [-0.2, 0) is 6.54 Å². The number of benzene rings is 2. The summed E-state index contributed by atoms with van der Waals surface area (Å²) in [5, 5.41) is 15.2. The van der Waals surface area contributed by atoms with E-state index in [4.69, 9.17) is 11.6 Å². The van der Waals surface area contributed by atoms with Crippen LogP contribution in [0.1, 0.15) is 16.7 Å². The van der Waals surface area contributed by atoms with Crippen LogP contribution in [0, 0.1) is 13.8 Å². The van der Waals surface area contributed by atoms with Gasteiger partial charge in [0.2, 0.25) is 5.95 Å². The molecule has 0 amide bonds. The molecule has 0 bridgehead atoms. The Morgan fingerprint density at radius 2 is 1.75 bits per heavy atom. The van der Waals surface area contributed by atoms with Crippen molar-refractivity contribution >= 4 is 29.1 Å². The van der Waals surface area contributed by atoms with Crippen LogP contribution < -0.4 is 10.6 Å². The van der Waals surface area contributed by atoms with Crippen molar-refractivity contribution in [1.82, 2.24) is 15.2 Å². The largest absolute Gasteiger partial charge is 0.364 e. The van der Waals surface area contributed by atoms with Crippen molar-refractivity contribution in [2.24, 2.45) is 0 Å². The topological polar surface area (TPSA) is 62.7 Å². The van der Waals surface area contributed by atoms with Gasteiger partial charge in [-0.3, -0.25) is 0 Å². The molecule has 5 nitrogen and oxygen atoms in total. The Bertz CT molecular complexity index is 830. The summed E-state index contributed by atoms with van der Waals surface area (Å²) in [6.07, 6.45) is 1.59. The molecule has 0 radical (unpaired) electrons. The molecular formula is C18H18ClN5. The Morgan fingerprint density at radius 1 is 1.00 bits per heavy atom. The number of aryl methyl sites for hydroxylation is 2. The summed E-state index contributed by atoms with van der Waals surface area (Å²) in [5.41, 5.74) is 4.27. The van der Waals surface area contributed by atoms with Gasteiger partial charge in [0, 0.05) is 17.3 Å². The van der Waals surface area contributed by atoms with Crippen molar-refractivity contribution in [2.45, 2.75) is 20.4 Å². The van der Waals surface area contributed by atoms with Crippen LogP contribution in [0.4, 0.5) is 17.5 Å². The highest BCUT2D eigenvalue weighted by Crippen LogP contribution is 2.22. The quantitative estimate of drug-likeness (QED) is 0.716. The molecule has 3 rings (SSSR count). The summed E-state index contributed by atoms with van der Waals surface area (Å²) in [6, 6.07) is 13.8. The second-order valence-corrected chi connectivity index (χ2v) is 5.91. The van der Waals surface area contributed by atoms with E-state index in [-0.39, 0.29) is 0 Å². The summed E-state index contributed by atoms with van der Waals surface area (Å²) in [4.78, 5) is 4.46. The molecule has 0 aliphatic heterocycles. The smallest absolute Gasteiger partial charge is 0.249 e. The predicted octanol–water partition coefficient (Wildman–Crippen LogP) is 4.50. The maximum absolute atomic E-state index is 6.16. The van der Waals surface area contributed by atoms with E-state index < -0.39 is 0 Å². The first-order valence-corrected chi connectivity index (χ1v) is 8.01. The van der Waals surface area contributed by atoms with Gasteiger partial charge in [-0.25, -0.2) is 0 Å². The van der Waals surface area contributed by atoms with Gasteiger partial charge >= 0.3 is 0 Å². The molecule has 0 saturated heterocycles. The monoisotopic (exact) mass is 339 g/mol. The van der Waals surface area contributed by atoms with Crippen molar-refractivity contribution in [3.05, 3.63) is 70.4 Å². The number of rotatable bonds is 5. The first-order valence-electron chi connectivity index (χ1n) is 7.64. The van der Waals surface area contributed by atoms with Gasteiger partial charge in [0.1, 0.15) is 0 Å². The molecule has 0 atom stereocenters. The average molecular weight is 340 g/mol. The van der Waals surface area contributed by atoms with E-state index in [1.54, 1.807) is 6.20 Å². The highest BCUT2D eigenvalue weighted by atomic mass is 35.5. The maximum atomic E-state index is 6.16. The van der Waals surface area contributed by atoms with Crippen molar-refractivity contribution in [3.8, 4) is 0 Å². The van der Waals surface area contributed by atoms with Crippen molar-refractivity contribution in [2.75, 3.05) is 10.6 Å². The van der Waals surface area contributed by atoms with Gasteiger partial charge in [-0.15, -0.1) is 5.10 Å². The molecule has 6 heteroatoms. The summed E-state index contributed by atoms with van der Waals surface area (Å²) in [5.74, 6) is 1.09. The van der Waals surface area contributed by atoms with Gasteiger partial charge in [0.15, 0.2) is 5.82 Å².